The number of ether oxygens (including phenoxy) is 4. The van der Waals surface area contributed by atoms with E-state index in [0.29, 0.717) is 45.9 Å². The summed E-state index contributed by atoms with van der Waals surface area (Å²) in [6, 6.07) is 8.57. The minimum absolute atomic E-state index is 0.310. The third kappa shape index (κ3) is 5.56. The summed E-state index contributed by atoms with van der Waals surface area (Å²) in [5.41, 5.74) is 1.27. The first-order valence-electron chi connectivity index (χ1n) is 8.23. The van der Waals surface area contributed by atoms with Crippen LogP contribution in [0.15, 0.2) is 36.4 Å². The Hall–Kier alpha value is -2.86. The zero-order valence-electron chi connectivity index (χ0n) is 15.7. The average Bonchev–Trinajstić information content (AvgIpc) is 2.66. The number of amides is 1. The van der Waals surface area contributed by atoms with Gasteiger partial charge in [-0.1, -0.05) is 11.6 Å². The summed E-state index contributed by atoms with van der Waals surface area (Å²) in [4.78, 5) is 12.2. The van der Waals surface area contributed by atoms with Crippen molar-refractivity contribution in [2.45, 2.75) is 6.92 Å². The monoisotopic (exact) mass is 391 g/mol. The van der Waals surface area contributed by atoms with Crippen molar-refractivity contribution in [1.82, 2.24) is 0 Å². The topological polar surface area (TPSA) is 66.0 Å². The summed E-state index contributed by atoms with van der Waals surface area (Å²) in [5.74, 6) is 1.83. The van der Waals surface area contributed by atoms with E-state index in [-0.39, 0.29) is 5.91 Å². The number of methoxy groups -OCH3 is 3. The molecule has 0 unspecified atom stereocenters. The normalized spacial score (nSPS) is 10.6. The molecule has 0 saturated carbocycles. The zero-order valence-corrected chi connectivity index (χ0v) is 16.4. The molecule has 6 nitrogen and oxygen atoms in total. The maximum absolute atomic E-state index is 12.2. The van der Waals surface area contributed by atoms with Gasteiger partial charge in [-0.3, -0.25) is 4.79 Å². The van der Waals surface area contributed by atoms with Gasteiger partial charge in [-0.15, -0.1) is 0 Å². The predicted molar refractivity (Wildman–Crippen MR) is 106 cm³/mol. The van der Waals surface area contributed by atoms with Gasteiger partial charge in [0.1, 0.15) is 11.5 Å². The van der Waals surface area contributed by atoms with Crippen LogP contribution in [0, 0.1) is 0 Å². The van der Waals surface area contributed by atoms with Crippen molar-refractivity contribution in [3.8, 4) is 23.0 Å². The number of benzene rings is 2. The lowest BCUT2D eigenvalue weighted by Crippen LogP contribution is -2.08. The van der Waals surface area contributed by atoms with Gasteiger partial charge in [0.15, 0.2) is 11.5 Å². The second-order valence-electron chi connectivity index (χ2n) is 5.39. The van der Waals surface area contributed by atoms with E-state index in [1.807, 2.05) is 6.92 Å². The minimum Gasteiger partial charge on any atom is -0.497 e. The molecule has 0 atom stereocenters. The van der Waals surface area contributed by atoms with Crippen molar-refractivity contribution in [3.05, 3.63) is 47.0 Å². The number of hydrogen-bond acceptors (Lipinski definition) is 5. The maximum atomic E-state index is 12.2. The van der Waals surface area contributed by atoms with Crippen LogP contribution in [0.4, 0.5) is 5.69 Å². The molecule has 0 spiro atoms. The highest BCUT2D eigenvalue weighted by Gasteiger charge is 2.11. The highest BCUT2D eigenvalue weighted by Crippen LogP contribution is 2.36. The van der Waals surface area contributed by atoms with Gasteiger partial charge < -0.3 is 24.3 Å². The van der Waals surface area contributed by atoms with E-state index in [0.717, 1.165) is 0 Å². The van der Waals surface area contributed by atoms with E-state index in [4.69, 9.17) is 30.5 Å². The summed E-state index contributed by atoms with van der Waals surface area (Å²) in [7, 11) is 4.61. The molecule has 2 aromatic rings. The fourth-order valence-electron chi connectivity index (χ4n) is 2.38. The standard InChI is InChI=1S/C20H22ClNO5/c1-5-27-18-9-13(8-17(21)20(18)26-4)6-7-19(23)22-14-10-15(24-2)12-16(11-14)25-3/h6-12H,5H2,1-4H3,(H,22,23)/b7-6+. The van der Waals surface area contributed by atoms with Crippen LogP contribution in [-0.4, -0.2) is 33.8 Å². The second-order valence-corrected chi connectivity index (χ2v) is 5.80. The molecule has 0 radical (unpaired) electrons. The van der Waals surface area contributed by atoms with E-state index >= 15 is 0 Å². The Kier molecular flexibility index (Phi) is 7.37. The van der Waals surface area contributed by atoms with Crippen molar-refractivity contribution >= 4 is 29.3 Å². The summed E-state index contributed by atoms with van der Waals surface area (Å²) in [6.07, 6.45) is 3.04. The van der Waals surface area contributed by atoms with Crippen molar-refractivity contribution in [1.29, 1.82) is 0 Å². The molecule has 1 amide bonds. The van der Waals surface area contributed by atoms with Gasteiger partial charge in [-0.05, 0) is 30.7 Å². The molecule has 0 heterocycles. The highest BCUT2D eigenvalue weighted by atomic mass is 35.5. The van der Waals surface area contributed by atoms with Gasteiger partial charge in [-0.2, -0.15) is 0 Å². The first-order valence-corrected chi connectivity index (χ1v) is 8.61. The van der Waals surface area contributed by atoms with Crippen LogP contribution in [-0.2, 0) is 4.79 Å². The lowest BCUT2D eigenvalue weighted by molar-refractivity contribution is -0.111. The predicted octanol–water partition coefficient (Wildman–Crippen LogP) is 4.42. The van der Waals surface area contributed by atoms with Crippen LogP contribution in [0.5, 0.6) is 23.0 Å². The molecule has 2 rings (SSSR count). The summed E-state index contributed by atoms with van der Waals surface area (Å²) in [5, 5.41) is 3.17. The summed E-state index contributed by atoms with van der Waals surface area (Å²) >= 11 is 6.22. The van der Waals surface area contributed by atoms with Crippen LogP contribution in [0.25, 0.3) is 6.08 Å². The number of hydrogen-bond donors (Lipinski definition) is 1. The molecule has 0 aliphatic rings. The van der Waals surface area contributed by atoms with Crippen molar-refractivity contribution in [3.63, 3.8) is 0 Å². The fraction of sp³-hybridized carbons (Fsp3) is 0.250. The van der Waals surface area contributed by atoms with Crippen LogP contribution < -0.4 is 24.3 Å². The summed E-state index contributed by atoms with van der Waals surface area (Å²) < 4.78 is 21.2. The number of halogens is 1. The van der Waals surface area contributed by atoms with E-state index < -0.39 is 0 Å². The van der Waals surface area contributed by atoms with Crippen LogP contribution in [0.3, 0.4) is 0 Å². The molecular formula is C20H22ClNO5. The Morgan fingerprint density at radius 2 is 1.70 bits per heavy atom. The zero-order chi connectivity index (χ0) is 19.8. The first-order chi connectivity index (χ1) is 13.0. The Balaban J connectivity index is 2.17. The molecule has 0 aliphatic carbocycles. The number of rotatable bonds is 8. The SMILES string of the molecule is CCOc1cc(/C=C/C(=O)Nc2cc(OC)cc(OC)c2)cc(Cl)c1OC. The molecule has 2 aromatic carbocycles. The van der Waals surface area contributed by atoms with Crippen molar-refractivity contribution in [2.24, 2.45) is 0 Å². The van der Waals surface area contributed by atoms with Crippen LogP contribution in [0.2, 0.25) is 5.02 Å². The Labute approximate surface area is 163 Å². The van der Waals surface area contributed by atoms with Gasteiger partial charge in [0.2, 0.25) is 5.91 Å². The largest absolute Gasteiger partial charge is 0.497 e. The number of nitrogens with one attached hydrogen (secondary N) is 1. The molecular weight excluding hydrogens is 370 g/mol. The summed E-state index contributed by atoms with van der Waals surface area (Å²) in [6.45, 7) is 2.34. The van der Waals surface area contributed by atoms with Crippen LogP contribution >= 0.6 is 11.6 Å². The lowest BCUT2D eigenvalue weighted by Gasteiger charge is -2.11. The van der Waals surface area contributed by atoms with Gasteiger partial charge in [0.05, 0.1) is 33.0 Å². The smallest absolute Gasteiger partial charge is 0.248 e. The third-order valence-corrected chi connectivity index (χ3v) is 3.86. The van der Waals surface area contributed by atoms with E-state index in [1.165, 1.54) is 13.2 Å². The quantitative estimate of drug-likeness (QED) is 0.675. The third-order valence-electron chi connectivity index (χ3n) is 3.58. The van der Waals surface area contributed by atoms with E-state index in [2.05, 4.69) is 5.32 Å². The van der Waals surface area contributed by atoms with Gasteiger partial charge >= 0.3 is 0 Å². The average molecular weight is 392 g/mol. The van der Waals surface area contributed by atoms with Crippen molar-refractivity contribution in [2.75, 3.05) is 33.3 Å². The Morgan fingerprint density at radius 3 is 2.26 bits per heavy atom. The Bertz CT molecular complexity index is 813. The van der Waals surface area contributed by atoms with E-state index in [1.54, 1.807) is 50.6 Å². The Morgan fingerprint density at radius 1 is 1.04 bits per heavy atom. The molecule has 27 heavy (non-hydrogen) atoms. The van der Waals surface area contributed by atoms with Gasteiger partial charge in [-0.25, -0.2) is 0 Å². The van der Waals surface area contributed by atoms with Gasteiger partial charge in [0, 0.05) is 30.0 Å². The molecule has 0 aromatic heterocycles. The van der Waals surface area contributed by atoms with Crippen molar-refractivity contribution < 1.29 is 23.7 Å². The molecule has 0 bridgehead atoms. The second kappa shape index (κ2) is 9.73. The molecule has 1 N–H and O–H groups in total. The fourth-order valence-corrected chi connectivity index (χ4v) is 2.68. The number of carbonyl (C=O) groups excluding carboxylic acids is 1. The molecule has 0 saturated heterocycles. The number of carbonyl (C=O) groups is 1. The highest BCUT2D eigenvalue weighted by molar-refractivity contribution is 6.32. The minimum atomic E-state index is -0.310. The molecule has 144 valence electrons. The molecule has 0 fully saturated rings. The van der Waals surface area contributed by atoms with Gasteiger partial charge in [0.25, 0.3) is 0 Å². The van der Waals surface area contributed by atoms with E-state index in [9.17, 15) is 4.79 Å². The van der Waals surface area contributed by atoms with Crippen LogP contribution in [0.1, 0.15) is 12.5 Å². The lowest BCUT2D eigenvalue weighted by atomic mass is 10.2. The number of anilines is 1. The molecule has 7 heteroatoms. The molecule has 0 aliphatic heterocycles. The first kappa shape index (κ1) is 20.5. The maximum Gasteiger partial charge on any atom is 0.248 e.